The summed E-state index contributed by atoms with van der Waals surface area (Å²) in [7, 11) is -4.84. The van der Waals surface area contributed by atoms with E-state index in [9.17, 15) is 18.0 Å². The maximum atomic E-state index is 10.2. The predicted molar refractivity (Wildman–Crippen MR) is 172 cm³/mol. The average molecular weight is 615 g/mol. The molecule has 0 aromatic heterocycles. The van der Waals surface area contributed by atoms with Crippen LogP contribution >= 0.6 is 0 Å². The molecular weight excluding hydrogens is 551 g/mol. The van der Waals surface area contributed by atoms with Crippen molar-refractivity contribution in [3.63, 3.8) is 0 Å². The predicted octanol–water partition coefficient (Wildman–Crippen LogP) is 9.54. The summed E-state index contributed by atoms with van der Waals surface area (Å²) in [5, 5.41) is 13.9. The maximum absolute atomic E-state index is 10.2. The second-order valence-corrected chi connectivity index (χ2v) is 14.4. The second-order valence-electron chi connectivity index (χ2n) is 11.8. The number of carboxylic acid groups (broad SMARTS) is 2. The van der Waals surface area contributed by atoms with Crippen LogP contribution in [0.3, 0.4) is 0 Å². The first-order chi connectivity index (χ1) is 19.7. The Morgan fingerprint density at radius 2 is 0.780 bits per heavy atom. The molecule has 0 saturated carbocycles. The molecule has 1 atom stereocenters. The molecule has 0 fully saturated rings. The van der Waals surface area contributed by atoms with Gasteiger partial charge in [0.2, 0.25) is 0 Å². The summed E-state index contributed by atoms with van der Waals surface area (Å²) in [4.78, 5) is 20.0. The van der Waals surface area contributed by atoms with Gasteiger partial charge in [-0.15, -0.1) is 0 Å². The molecule has 0 aliphatic carbocycles. The van der Waals surface area contributed by atoms with E-state index in [2.05, 4.69) is 6.92 Å². The van der Waals surface area contributed by atoms with Crippen molar-refractivity contribution in [3.8, 4) is 0 Å². The van der Waals surface area contributed by atoms with Gasteiger partial charge in [0, 0.05) is 0 Å². The number of rotatable bonds is 30. The van der Waals surface area contributed by atoms with Gasteiger partial charge in [-0.2, -0.15) is 8.42 Å². The van der Waals surface area contributed by atoms with Gasteiger partial charge in [0.25, 0.3) is 10.1 Å². The zero-order chi connectivity index (χ0) is 31.0. The van der Waals surface area contributed by atoms with Crippen molar-refractivity contribution in [2.75, 3.05) is 0 Å². The van der Waals surface area contributed by atoms with Crippen LogP contribution in [0, 0.1) is 0 Å². The number of unbranched alkanes of at least 4 members (excludes halogenated alkanes) is 25. The van der Waals surface area contributed by atoms with Crippen molar-refractivity contribution < 1.29 is 32.8 Å². The van der Waals surface area contributed by atoms with Crippen LogP contribution in [0.15, 0.2) is 0 Å². The van der Waals surface area contributed by atoms with E-state index < -0.39 is 33.7 Å². The molecule has 0 spiro atoms. The molecule has 0 heterocycles. The minimum absolute atomic E-state index is 1.16. The molecule has 9 heteroatoms. The van der Waals surface area contributed by atoms with E-state index >= 15 is 0 Å². The third-order valence-electron chi connectivity index (χ3n) is 7.70. The molecule has 1 unspecified atom stereocenters. The van der Waals surface area contributed by atoms with Gasteiger partial charge in [0.05, 0.1) is 6.42 Å². The summed E-state index contributed by atoms with van der Waals surface area (Å²) in [6.07, 6.45) is 37.6. The van der Waals surface area contributed by atoms with Crippen LogP contribution in [0.25, 0.3) is 0 Å². The third kappa shape index (κ3) is 36.0. The fourth-order valence-corrected chi connectivity index (χ4v) is 6.15. The first-order valence-electron chi connectivity index (χ1n) is 17.1. The molecule has 0 bridgehead atoms. The molecule has 0 saturated heterocycles. The zero-order valence-electron chi connectivity index (χ0n) is 26.8. The third-order valence-corrected chi connectivity index (χ3v) is 9.50. The van der Waals surface area contributed by atoms with E-state index in [1.807, 2.05) is 0 Å². The van der Waals surface area contributed by atoms with Crippen LogP contribution in [0.2, 0.25) is 3.67 Å². The van der Waals surface area contributed by atoms with Gasteiger partial charge in [0.1, 0.15) is 0 Å². The van der Waals surface area contributed by atoms with Crippen molar-refractivity contribution in [2.45, 2.75) is 189 Å². The standard InChI is InChI=1S/C28H57.C4H6O7S.Na/c1-3-5-7-9-11-13-15-17-19-21-23-25-27-28-26-24-22-20-18-16-14-12-10-8-6-4-2;5-3(6)1-2(4(7)8)12(9,10)11;/h1,3-28H2,2H3;2H,1H2,(H,5,6)(H,7,8)(H,9,10,11);. The summed E-state index contributed by atoms with van der Waals surface area (Å²) in [6, 6.07) is 0. The van der Waals surface area contributed by atoms with Gasteiger partial charge < -0.3 is 10.2 Å². The first kappa shape index (κ1) is 43.0. The molecule has 0 aromatic rings. The Morgan fingerprint density at radius 1 is 0.537 bits per heavy atom. The van der Waals surface area contributed by atoms with Crippen molar-refractivity contribution >= 4 is 50.0 Å². The minimum Gasteiger partial charge on any atom is -0.481 e. The maximum Gasteiger partial charge on any atom is 0.325 e. The Balaban J connectivity index is 0. The van der Waals surface area contributed by atoms with Crippen LogP contribution in [0.1, 0.15) is 180 Å². The summed E-state index contributed by atoms with van der Waals surface area (Å²) < 4.78 is 30.2. The van der Waals surface area contributed by atoms with Crippen LogP contribution in [0.5, 0.6) is 0 Å². The molecule has 41 heavy (non-hydrogen) atoms. The second kappa shape index (κ2) is 32.8. The largest absolute Gasteiger partial charge is 0.481 e. The molecule has 0 aromatic carbocycles. The van der Waals surface area contributed by atoms with Gasteiger partial charge in [-0.25, -0.2) is 0 Å². The van der Waals surface area contributed by atoms with Gasteiger partial charge in [-0.05, 0) is 0 Å². The topological polar surface area (TPSA) is 129 Å². The molecule has 240 valence electrons. The quantitative estimate of drug-likeness (QED) is 0.0417. The van der Waals surface area contributed by atoms with E-state index in [1.165, 1.54) is 199 Å². The summed E-state index contributed by atoms with van der Waals surface area (Å²) in [5.41, 5.74) is 0. The number of hydrogen-bond donors (Lipinski definition) is 3. The molecule has 0 rings (SSSR count). The molecule has 0 radical (unpaired) electrons. The molecule has 0 aliphatic rings. The van der Waals surface area contributed by atoms with Crippen LogP contribution in [0.4, 0.5) is 0 Å². The minimum atomic E-state index is -4.84. The monoisotopic (exact) mass is 614 g/mol. The van der Waals surface area contributed by atoms with Gasteiger partial charge >= 0.3 is 114 Å². The van der Waals surface area contributed by atoms with Crippen molar-refractivity contribution in [3.05, 3.63) is 0 Å². The Kier molecular flexibility index (Phi) is 34.3. The fourth-order valence-electron chi connectivity index (χ4n) is 5.04. The summed E-state index contributed by atoms with van der Waals surface area (Å²) >= 11 is 1.41. The van der Waals surface area contributed by atoms with E-state index in [0.717, 1.165) is 0 Å². The smallest absolute Gasteiger partial charge is 0.325 e. The van der Waals surface area contributed by atoms with Crippen LogP contribution < -0.4 is 0 Å². The van der Waals surface area contributed by atoms with Crippen molar-refractivity contribution in [1.29, 1.82) is 0 Å². The van der Waals surface area contributed by atoms with E-state index in [0.29, 0.717) is 0 Å². The van der Waals surface area contributed by atoms with Gasteiger partial charge in [0.15, 0.2) is 5.25 Å². The van der Waals surface area contributed by atoms with Crippen molar-refractivity contribution in [2.24, 2.45) is 0 Å². The zero-order valence-corrected chi connectivity index (χ0v) is 29.6. The Labute approximate surface area is 270 Å². The van der Waals surface area contributed by atoms with Crippen LogP contribution in [-0.4, -0.2) is 68.3 Å². The molecule has 7 nitrogen and oxygen atoms in total. The van der Waals surface area contributed by atoms with Crippen LogP contribution in [-0.2, 0) is 19.7 Å². The van der Waals surface area contributed by atoms with E-state index in [-0.39, 0.29) is 0 Å². The molecule has 0 aliphatic heterocycles. The van der Waals surface area contributed by atoms with Gasteiger partial charge in [-0.3, -0.25) is 14.1 Å². The number of aliphatic carboxylic acids is 2. The Morgan fingerprint density at radius 3 is 0.927 bits per heavy atom. The SMILES string of the molecule is CCCCCCCCCCCCCCCCCCCCCCCCCCC[CH2][Na].O=C(O)CC(C(=O)O)S(=O)(=O)O. The average Bonchev–Trinajstić information content (AvgIpc) is 2.91. The first-order valence-corrected chi connectivity index (χ1v) is 20.0. The molecular formula is C32H63NaO7S. The number of carboxylic acids is 2. The molecule has 0 amide bonds. The van der Waals surface area contributed by atoms with Crippen molar-refractivity contribution in [1.82, 2.24) is 0 Å². The Bertz CT molecular complexity index is 660. The van der Waals surface area contributed by atoms with Gasteiger partial charge in [-0.1, -0.05) is 103 Å². The molecule has 3 N–H and O–H groups in total. The number of carbonyl (C=O) groups is 2. The normalized spacial score (nSPS) is 12.1. The summed E-state index contributed by atoms with van der Waals surface area (Å²) in [6.45, 7) is 2.31. The van der Waals surface area contributed by atoms with E-state index in [4.69, 9.17) is 14.8 Å². The fraction of sp³-hybridized carbons (Fsp3) is 0.938. The van der Waals surface area contributed by atoms with E-state index in [1.54, 1.807) is 0 Å². The summed E-state index contributed by atoms with van der Waals surface area (Å²) in [5.74, 6) is -3.50. The Hall–Kier alpha value is -0.150. The number of hydrogen-bond acceptors (Lipinski definition) is 4.